The molecule has 3 aromatic heterocycles. The van der Waals surface area contributed by atoms with Crippen LogP contribution in [0.15, 0.2) is 34.7 Å². The zero-order valence-corrected chi connectivity index (χ0v) is 16.2. The number of amides is 1. The summed E-state index contributed by atoms with van der Waals surface area (Å²) in [7, 11) is 0. The van der Waals surface area contributed by atoms with Crippen molar-refractivity contribution in [2.75, 3.05) is 0 Å². The molecule has 0 fully saturated rings. The summed E-state index contributed by atoms with van der Waals surface area (Å²) in [4.78, 5) is 17.1. The molecule has 7 nitrogen and oxygen atoms in total. The number of hydrogen-bond acceptors (Lipinski definition) is 6. The van der Waals surface area contributed by atoms with Gasteiger partial charge in [0.25, 0.3) is 18.8 Å². The summed E-state index contributed by atoms with van der Waals surface area (Å²) in [5.41, 5.74) is -7.29. The third-order valence-corrected chi connectivity index (χ3v) is 5.43. The van der Waals surface area contributed by atoms with Crippen molar-refractivity contribution in [3.05, 3.63) is 41.0 Å². The summed E-state index contributed by atoms with van der Waals surface area (Å²) in [6, 6.07) is 4.55. The van der Waals surface area contributed by atoms with Crippen molar-refractivity contribution < 1.29 is 40.6 Å². The fourth-order valence-electron chi connectivity index (χ4n) is 3.04. The highest BCUT2D eigenvalue weighted by molar-refractivity contribution is 7.13. The van der Waals surface area contributed by atoms with Crippen molar-refractivity contribution in [3.63, 3.8) is 0 Å². The van der Waals surface area contributed by atoms with Gasteiger partial charge in [0.05, 0.1) is 10.6 Å². The summed E-state index contributed by atoms with van der Waals surface area (Å²) in [6.45, 7) is 0. The predicted octanol–water partition coefficient (Wildman–Crippen LogP) is 3.90. The Kier molecular flexibility index (Phi) is 5.20. The number of carbonyl (C=O) groups excluding carboxylic acids is 1. The second-order valence-electron chi connectivity index (χ2n) is 6.67. The van der Waals surface area contributed by atoms with Gasteiger partial charge in [-0.15, -0.1) is 11.3 Å². The Morgan fingerprint density at radius 3 is 2.50 bits per heavy atom. The number of halogens is 7. The molecule has 1 atom stereocenters. The van der Waals surface area contributed by atoms with Gasteiger partial charge in [0.2, 0.25) is 5.72 Å². The largest absolute Gasteiger partial charge is 0.433 e. The van der Waals surface area contributed by atoms with E-state index >= 15 is 0 Å². The van der Waals surface area contributed by atoms with Gasteiger partial charge < -0.3 is 5.11 Å². The Balaban J connectivity index is 1.84. The van der Waals surface area contributed by atoms with E-state index in [4.69, 9.17) is 0 Å². The molecule has 0 saturated carbocycles. The quantitative estimate of drug-likeness (QED) is 0.574. The fourth-order valence-corrected chi connectivity index (χ4v) is 3.73. The maximum Gasteiger partial charge on any atom is 0.433 e. The van der Waals surface area contributed by atoms with Gasteiger partial charge in [-0.3, -0.25) is 4.79 Å². The van der Waals surface area contributed by atoms with Gasteiger partial charge in [0.1, 0.15) is 5.71 Å². The molecule has 1 amide bonds. The molecule has 0 radical (unpaired) electrons. The molecule has 4 heterocycles. The Bertz CT molecular complexity index is 1210. The van der Waals surface area contributed by atoms with Gasteiger partial charge >= 0.3 is 6.18 Å². The lowest BCUT2D eigenvalue weighted by Gasteiger charge is -2.29. The molecule has 1 aliphatic rings. The van der Waals surface area contributed by atoms with E-state index in [1.165, 1.54) is 6.07 Å². The molecule has 3 aromatic rings. The molecule has 1 aliphatic heterocycles. The van der Waals surface area contributed by atoms with E-state index in [0.717, 1.165) is 17.4 Å². The number of aliphatic hydroxyl groups is 1. The van der Waals surface area contributed by atoms with E-state index in [-0.39, 0.29) is 15.2 Å². The molecular formula is C17H10F7N5O2S. The number of hydrazone groups is 1. The summed E-state index contributed by atoms with van der Waals surface area (Å²) in [5.74, 6) is -1.60. The molecule has 0 saturated heterocycles. The van der Waals surface area contributed by atoms with Crippen LogP contribution in [-0.4, -0.2) is 54.9 Å². The van der Waals surface area contributed by atoms with Crippen molar-refractivity contribution in [1.29, 1.82) is 0 Å². The molecule has 0 aromatic carbocycles. The van der Waals surface area contributed by atoms with Gasteiger partial charge in [-0.1, -0.05) is 6.07 Å². The Hall–Kier alpha value is -3.07. The summed E-state index contributed by atoms with van der Waals surface area (Å²) in [6.07, 6.45) is -13.3. The van der Waals surface area contributed by atoms with Gasteiger partial charge in [0.15, 0.2) is 17.0 Å². The first-order chi connectivity index (χ1) is 14.9. The van der Waals surface area contributed by atoms with Gasteiger partial charge in [0, 0.05) is 12.5 Å². The van der Waals surface area contributed by atoms with Crippen molar-refractivity contribution in [1.82, 2.24) is 19.6 Å². The summed E-state index contributed by atoms with van der Waals surface area (Å²) in [5, 5.41) is 18.0. The molecule has 1 unspecified atom stereocenters. The molecule has 4 rings (SSSR count). The lowest BCUT2D eigenvalue weighted by Crippen LogP contribution is -2.51. The Morgan fingerprint density at radius 2 is 1.94 bits per heavy atom. The van der Waals surface area contributed by atoms with Crippen molar-refractivity contribution in [2.45, 2.75) is 31.2 Å². The van der Waals surface area contributed by atoms with Crippen LogP contribution in [-0.2, 0) is 6.18 Å². The minimum Gasteiger partial charge on any atom is -0.364 e. The van der Waals surface area contributed by atoms with Crippen LogP contribution in [0.2, 0.25) is 0 Å². The average molecular weight is 481 g/mol. The van der Waals surface area contributed by atoms with E-state index in [9.17, 15) is 40.6 Å². The SMILES string of the molecule is O=C(c1cc2nc(-c3cccs3)cc(C(F)(F)F)n2n1)N1N=C(C(F)F)CC1(O)C(F)F. The van der Waals surface area contributed by atoms with Crippen molar-refractivity contribution in [3.8, 4) is 10.6 Å². The zero-order valence-electron chi connectivity index (χ0n) is 15.4. The van der Waals surface area contributed by atoms with E-state index in [0.29, 0.717) is 10.9 Å². The third kappa shape index (κ3) is 3.60. The van der Waals surface area contributed by atoms with Crippen LogP contribution in [0.5, 0.6) is 0 Å². The minimum atomic E-state index is -4.93. The van der Waals surface area contributed by atoms with E-state index < -0.39 is 59.8 Å². The maximum atomic E-state index is 13.6. The molecular weight excluding hydrogens is 471 g/mol. The van der Waals surface area contributed by atoms with Crippen LogP contribution in [0.25, 0.3) is 16.2 Å². The lowest BCUT2D eigenvalue weighted by molar-refractivity contribution is -0.164. The van der Waals surface area contributed by atoms with E-state index in [1.807, 2.05) is 0 Å². The summed E-state index contributed by atoms with van der Waals surface area (Å²) < 4.78 is 93.7. The average Bonchev–Trinajstić information content (AvgIpc) is 3.44. The number of hydrogen-bond donors (Lipinski definition) is 1. The topological polar surface area (TPSA) is 83.1 Å². The number of fused-ring (bicyclic) bond motifs is 1. The first-order valence-corrected chi connectivity index (χ1v) is 9.52. The van der Waals surface area contributed by atoms with E-state index in [2.05, 4.69) is 15.2 Å². The molecule has 15 heteroatoms. The van der Waals surface area contributed by atoms with Gasteiger partial charge in [-0.25, -0.2) is 27.1 Å². The highest BCUT2D eigenvalue weighted by atomic mass is 32.1. The van der Waals surface area contributed by atoms with Crippen molar-refractivity contribution in [2.24, 2.45) is 5.10 Å². The molecule has 32 heavy (non-hydrogen) atoms. The molecule has 170 valence electrons. The fraction of sp³-hybridized carbons (Fsp3) is 0.294. The second-order valence-corrected chi connectivity index (χ2v) is 7.61. The monoisotopic (exact) mass is 481 g/mol. The standard InChI is InChI=1S/C17H10F7N5O2S/c18-13(19)9-6-16(31,15(20)21)29(27-9)14(30)8-5-12-25-7(10-2-1-3-32-10)4-11(17(22,23)24)28(12)26-8/h1-5,13,15,31H,6H2. The number of carbonyl (C=O) groups is 1. The smallest absolute Gasteiger partial charge is 0.364 e. The van der Waals surface area contributed by atoms with Crippen molar-refractivity contribution >= 4 is 28.6 Å². The first-order valence-electron chi connectivity index (χ1n) is 8.64. The number of thiophene rings is 1. The highest BCUT2D eigenvalue weighted by Crippen LogP contribution is 2.36. The highest BCUT2D eigenvalue weighted by Gasteiger charge is 2.54. The van der Waals surface area contributed by atoms with Crippen LogP contribution >= 0.6 is 11.3 Å². The van der Waals surface area contributed by atoms with Gasteiger partial charge in [-0.2, -0.15) is 28.4 Å². The second kappa shape index (κ2) is 7.51. The molecule has 1 N–H and O–H groups in total. The normalized spacial score (nSPS) is 19.4. The van der Waals surface area contributed by atoms with Crippen LogP contribution in [0, 0.1) is 0 Å². The van der Waals surface area contributed by atoms with E-state index in [1.54, 1.807) is 11.4 Å². The first kappa shape index (κ1) is 22.1. The van der Waals surface area contributed by atoms with Crippen LogP contribution in [0.1, 0.15) is 22.6 Å². The maximum absolute atomic E-state index is 13.6. The Morgan fingerprint density at radius 1 is 1.22 bits per heavy atom. The number of nitrogens with zero attached hydrogens (tertiary/aromatic N) is 5. The summed E-state index contributed by atoms with van der Waals surface area (Å²) >= 11 is 1.10. The van der Waals surface area contributed by atoms with Gasteiger partial charge in [-0.05, 0) is 17.5 Å². The van der Waals surface area contributed by atoms with Crippen LogP contribution in [0.4, 0.5) is 30.7 Å². The van der Waals surface area contributed by atoms with Crippen LogP contribution in [0.3, 0.4) is 0 Å². The minimum absolute atomic E-state index is 0.0815. The molecule has 0 spiro atoms. The lowest BCUT2D eigenvalue weighted by atomic mass is 10.1. The Labute approximate surface area is 177 Å². The number of rotatable bonds is 4. The molecule has 0 bridgehead atoms. The molecule has 0 aliphatic carbocycles. The predicted molar refractivity (Wildman–Crippen MR) is 96.5 cm³/mol. The zero-order chi connectivity index (χ0) is 23.4. The number of alkyl halides is 7. The third-order valence-electron chi connectivity index (χ3n) is 4.54. The van der Waals surface area contributed by atoms with Crippen LogP contribution < -0.4 is 0 Å². The number of aromatic nitrogens is 3.